The monoisotopic (exact) mass is 293 g/mol. The predicted octanol–water partition coefficient (Wildman–Crippen LogP) is 4.30. The van der Waals surface area contributed by atoms with E-state index in [1.807, 2.05) is 31.2 Å². The van der Waals surface area contributed by atoms with Gasteiger partial charge in [0.1, 0.15) is 11.5 Å². The first kappa shape index (κ1) is 15.1. The standard InChI is InChI=1S/C16H17F2NO2/c1-2-20-13-7-5-6-12(10-13)11-19-14-8-3-4-9-15(14)21-16(17)18/h3-10,16,19H,2,11H2,1H3. The van der Waals surface area contributed by atoms with Crippen molar-refractivity contribution in [2.24, 2.45) is 0 Å². The summed E-state index contributed by atoms with van der Waals surface area (Å²) in [7, 11) is 0. The Morgan fingerprint density at radius 1 is 1.10 bits per heavy atom. The first-order valence-electron chi connectivity index (χ1n) is 6.68. The normalized spacial score (nSPS) is 10.5. The molecule has 0 aromatic heterocycles. The van der Waals surface area contributed by atoms with Gasteiger partial charge in [0.05, 0.1) is 12.3 Å². The second kappa shape index (κ2) is 7.47. The maximum absolute atomic E-state index is 12.3. The van der Waals surface area contributed by atoms with Gasteiger partial charge in [-0.05, 0) is 36.8 Å². The number of halogens is 2. The SMILES string of the molecule is CCOc1cccc(CNc2ccccc2OC(F)F)c1. The van der Waals surface area contributed by atoms with Crippen LogP contribution in [0, 0.1) is 0 Å². The Morgan fingerprint density at radius 3 is 2.67 bits per heavy atom. The second-order valence-corrected chi connectivity index (χ2v) is 4.31. The summed E-state index contributed by atoms with van der Waals surface area (Å²) in [6.07, 6.45) is 0. The third-order valence-electron chi connectivity index (χ3n) is 2.80. The van der Waals surface area contributed by atoms with Gasteiger partial charge in [-0.3, -0.25) is 0 Å². The molecule has 0 aliphatic heterocycles. The highest BCUT2D eigenvalue weighted by Crippen LogP contribution is 2.26. The Labute approximate surface area is 122 Å². The van der Waals surface area contributed by atoms with Crippen molar-refractivity contribution in [2.75, 3.05) is 11.9 Å². The van der Waals surface area contributed by atoms with Crippen molar-refractivity contribution in [3.8, 4) is 11.5 Å². The Morgan fingerprint density at radius 2 is 1.90 bits per heavy atom. The van der Waals surface area contributed by atoms with Gasteiger partial charge in [-0.1, -0.05) is 24.3 Å². The molecule has 0 aliphatic rings. The molecule has 0 aliphatic carbocycles. The molecule has 0 saturated heterocycles. The van der Waals surface area contributed by atoms with Crippen LogP contribution in [0.1, 0.15) is 12.5 Å². The van der Waals surface area contributed by atoms with Crippen molar-refractivity contribution in [3.05, 3.63) is 54.1 Å². The lowest BCUT2D eigenvalue weighted by Gasteiger charge is -2.13. The van der Waals surface area contributed by atoms with Crippen LogP contribution in [0.15, 0.2) is 48.5 Å². The van der Waals surface area contributed by atoms with E-state index >= 15 is 0 Å². The van der Waals surface area contributed by atoms with E-state index in [1.165, 1.54) is 6.07 Å². The van der Waals surface area contributed by atoms with Crippen molar-refractivity contribution in [3.63, 3.8) is 0 Å². The third-order valence-corrected chi connectivity index (χ3v) is 2.80. The van der Waals surface area contributed by atoms with Crippen molar-refractivity contribution in [1.82, 2.24) is 0 Å². The van der Waals surface area contributed by atoms with Crippen molar-refractivity contribution in [1.29, 1.82) is 0 Å². The zero-order chi connectivity index (χ0) is 15.1. The number of alkyl halides is 2. The molecule has 3 nitrogen and oxygen atoms in total. The van der Waals surface area contributed by atoms with E-state index in [-0.39, 0.29) is 5.75 Å². The minimum Gasteiger partial charge on any atom is -0.494 e. The van der Waals surface area contributed by atoms with Gasteiger partial charge < -0.3 is 14.8 Å². The molecule has 0 spiro atoms. The van der Waals surface area contributed by atoms with Crippen LogP contribution < -0.4 is 14.8 Å². The fraction of sp³-hybridized carbons (Fsp3) is 0.250. The highest BCUT2D eigenvalue weighted by molar-refractivity contribution is 5.56. The van der Waals surface area contributed by atoms with E-state index < -0.39 is 6.61 Å². The van der Waals surface area contributed by atoms with Crippen LogP contribution in [0.2, 0.25) is 0 Å². The van der Waals surface area contributed by atoms with Crippen molar-refractivity contribution < 1.29 is 18.3 Å². The van der Waals surface area contributed by atoms with Gasteiger partial charge in [-0.2, -0.15) is 8.78 Å². The summed E-state index contributed by atoms with van der Waals surface area (Å²) in [4.78, 5) is 0. The van der Waals surface area contributed by atoms with Crippen LogP contribution in [-0.4, -0.2) is 13.2 Å². The van der Waals surface area contributed by atoms with Gasteiger partial charge in [0.25, 0.3) is 0 Å². The van der Waals surface area contributed by atoms with Crippen LogP contribution in [0.4, 0.5) is 14.5 Å². The Bertz CT molecular complexity index is 576. The summed E-state index contributed by atoms with van der Waals surface area (Å²) in [6, 6.07) is 14.2. The molecule has 0 fully saturated rings. The molecule has 0 radical (unpaired) electrons. The Balaban J connectivity index is 2.04. The highest BCUT2D eigenvalue weighted by Gasteiger charge is 2.08. The van der Waals surface area contributed by atoms with Crippen molar-refractivity contribution in [2.45, 2.75) is 20.1 Å². The Kier molecular flexibility index (Phi) is 5.37. The molecule has 2 aromatic rings. The smallest absolute Gasteiger partial charge is 0.387 e. The number of ether oxygens (including phenoxy) is 2. The van der Waals surface area contributed by atoms with Crippen LogP contribution in [0.3, 0.4) is 0 Å². The van der Waals surface area contributed by atoms with Gasteiger partial charge in [-0.25, -0.2) is 0 Å². The zero-order valence-corrected chi connectivity index (χ0v) is 11.7. The van der Waals surface area contributed by atoms with E-state index in [1.54, 1.807) is 18.2 Å². The van der Waals surface area contributed by atoms with Crippen molar-refractivity contribution >= 4 is 5.69 Å². The zero-order valence-electron chi connectivity index (χ0n) is 11.7. The van der Waals surface area contributed by atoms with Gasteiger partial charge in [0, 0.05) is 6.54 Å². The molecule has 0 atom stereocenters. The summed E-state index contributed by atoms with van der Waals surface area (Å²) in [5, 5.41) is 3.09. The van der Waals surface area contributed by atoms with Crippen LogP contribution in [0.25, 0.3) is 0 Å². The molecule has 0 saturated carbocycles. The molecule has 0 heterocycles. The van der Waals surface area contributed by atoms with E-state index in [9.17, 15) is 8.78 Å². The summed E-state index contributed by atoms with van der Waals surface area (Å²) < 4.78 is 34.6. The first-order chi connectivity index (χ1) is 10.2. The summed E-state index contributed by atoms with van der Waals surface area (Å²) in [6.45, 7) is 0.171. The molecule has 0 unspecified atom stereocenters. The van der Waals surface area contributed by atoms with Gasteiger partial charge >= 0.3 is 6.61 Å². The molecule has 1 N–H and O–H groups in total. The number of para-hydroxylation sites is 2. The Hall–Kier alpha value is -2.30. The predicted molar refractivity (Wildman–Crippen MR) is 78.0 cm³/mol. The van der Waals surface area contributed by atoms with Gasteiger partial charge in [0.15, 0.2) is 0 Å². The fourth-order valence-electron chi connectivity index (χ4n) is 1.92. The van der Waals surface area contributed by atoms with Crippen LogP contribution >= 0.6 is 0 Å². The molecule has 0 amide bonds. The van der Waals surface area contributed by atoms with Crippen LogP contribution in [-0.2, 0) is 6.54 Å². The van der Waals surface area contributed by atoms with E-state index in [4.69, 9.17) is 4.74 Å². The van der Waals surface area contributed by atoms with E-state index in [0.717, 1.165) is 11.3 Å². The number of anilines is 1. The molecule has 112 valence electrons. The largest absolute Gasteiger partial charge is 0.494 e. The molecular weight excluding hydrogens is 276 g/mol. The average molecular weight is 293 g/mol. The topological polar surface area (TPSA) is 30.5 Å². The second-order valence-electron chi connectivity index (χ2n) is 4.31. The molecule has 21 heavy (non-hydrogen) atoms. The van der Waals surface area contributed by atoms with Crippen LogP contribution in [0.5, 0.6) is 11.5 Å². The third kappa shape index (κ3) is 4.63. The minimum absolute atomic E-state index is 0.133. The maximum Gasteiger partial charge on any atom is 0.387 e. The molecule has 2 aromatic carbocycles. The number of hydrogen-bond donors (Lipinski definition) is 1. The lowest BCUT2D eigenvalue weighted by Crippen LogP contribution is -2.06. The lowest BCUT2D eigenvalue weighted by atomic mass is 10.2. The lowest BCUT2D eigenvalue weighted by molar-refractivity contribution is -0.0493. The number of benzene rings is 2. The first-order valence-corrected chi connectivity index (χ1v) is 6.68. The molecule has 0 bridgehead atoms. The summed E-state index contributed by atoms with van der Waals surface area (Å²) in [5.74, 6) is 0.919. The average Bonchev–Trinajstić information content (AvgIpc) is 2.47. The summed E-state index contributed by atoms with van der Waals surface area (Å²) >= 11 is 0. The minimum atomic E-state index is -2.84. The van der Waals surface area contributed by atoms with E-state index in [0.29, 0.717) is 18.8 Å². The van der Waals surface area contributed by atoms with Gasteiger partial charge in [0.2, 0.25) is 0 Å². The number of nitrogens with one attached hydrogen (secondary N) is 1. The molecule has 5 heteroatoms. The maximum atomic E-state index is 12.3. The molecule has 2 rings (SSSR count). The highest BCUT2D eigenvalue weighted by atomic mass is 19.3. The summed E-state index contributed by atoms with van der Waals surface area (Å²) in [5.41, 5.74) is 1.52. The fourth-order valence-corrected chi connectivity index (χ4v) is 1.92. The van der Waals surface area contributed by atoms with E-state index in [2.05, 4.69) is 10.1 Å². The quantitative estimate of drug-likeness (QED) is 0.825. The van der Waals surface area contributed by atoms with Gasteiger partial charge in [-0.15, -0.1) is 0 Å². The molecular formula is C16H17F2NO2. The number of rotatable bonds is 7. The number of hydrogen-bond acceptors (Lipinski definition) is 3.